The van der Waals surface area contributed by atoms with Gasteiger partial charge in [-0.15, -0.1) is 0 Å². The number of sulfonamides is 1. The summed E-state index contributed by atoms with van der Waals surface area (Å²) in [6.45, 7) is 1.40. The van der Waals surface area contributed by atoms with E-state index in [0.717, 1.165) is 18.9 Å². The molecule has 1 N–H and O–H groups in total. The highest BCUT2D eigenvalue weighted by Crippen LogP contribution is 2.22. The van der Waals surface area contributed by atoms with Gasteiger partial charge in [0, 0.05) is 25.7 Å². The van der Waals surface area contributed by atoms with Crippen LogP contribution in [-0.2, 0) is 19.6 Å². The minimum Gasteiger partial charge on any atom is -0.454 e. The van der Waals surface area contributed by atoms with Gasteiger partial charge < -0.3 is 10.1 Å². The van der Waals surface area contributed by atoms with E-state index in [-0.39, 0.29) is 27.6 Å². The summed E-state index contributed by atoms with van der Waals surface area (Å²) in [5, 5.41) is 2.39. The number of rotatable bonds is 7. The first-order valence-electron chi connectivity index (χ1n) is 9.56. The Kier molecular flexibility index (Phi) is 6.81. The molecule has 1 aliphatic rings. The predicted octanol–water partition coefficient (Wildman–Crippen LogP) is 2.61. The summed E-state index contributed by atoms with van der Waals surface area (Å²) in [5.74, 6) is -2.93. The number of halogens is 1. The Bertz CT molecular complexity index is 1130. The number of anilines is 1. The minimum atomic E-state index is -3.71. The normalized spacial score (nSPS) is 14.3. The SMILES string of the molecule is CC(=O)Nc1ccc(C(=O)COC(=O)c2cccc(S(=O)(=O)N3CCCC3)c2)c(F)c1. The molecule has 10 heteroatoms. The molecule has 2 aromatic rings. The van der Waals surface area contributed by atoms with Crippen LogP contribution in [0.15, 0.2) is 47.4 Å². The number of carbonyl (C=O) groups excluding carboxylic acids is 3. The van der Waals surface area contributed by atoms with Crippen LogP contribution < -0.4 is 5.32 Å². The zero-order valence-corrected chi connectivity index (χ0v) is 17.6. The maximum atomic E-state index is 14.1. The molecule has 0 aliphatic carbocycles. The lowest BCUT2D eigenvalue weighted by molar-refractivity contribution is -0.114. The Morgan fingerprint density at radius 1 is 1.10 bits per heavy atom. The number of ketones is 1. The summed E-state index contributed by atoms with van der Waals surface area (Å²) in [4.78, 5) is 35.5. The number of hydrogen-bond acceptors (Lipinski definition) is 6. The molecule has 1 saturated heterocycles. The van der Waals surface area contributed by atoms with Gasteiger partial charge in [0.15, 0.2) is 6.61 Å². The zero-order chi connectivity index (χ0) is 22.6. The average Bonchev–Trinajstić information content (AvgIpc) is 3.27. The van der Waals surface area contributed by atoms with Crippen LogP contribution in [0.2, 0.25) is 0 Å². The monoisotopic (exact) mass is 448 g/mol. The number of Topliss-reactive ketones (excluding diaryl/α,β-unsaturated/α-hetero) is 1. The highest BCUT2D eigenvalue weighted by molar-refractivity contribution is 7.89. The van der Waals surface area contributed by atoms with E-state index >= 15 is 0 Å². The van der Waals surface area contributed by atoms with Crippen LogP contribution in [0.3, 0.4) is 0 Å². The molecule has 1 amide bonds. The lowest BCUT2D eigenvalue weighted by Crippen LogP contribution is -2.28. The maximum absolute atomic E-state index is 14.1. The number of carbonyl (C=O) groups is 3. The molecular formula is C21H21FN2O6S. The highest BCUT2D eigenvalue weighted by atomic mass is 32.2. The second-order valence-electron chi connectivity index (χ2n) is 7.01. The average molecular weight is 448 g/mol. The van der Waals surface area contributed by atoms with Crippen molar-refractivity contribution in [3.05, 3.63) is 59.4 Å². The summed E-state index contributed by atoms with van der Waals surface area (Å²) in [6.07, 6.45) is 1.57. The Labute approximate surface area is 179 Å². The van der Waals surface area contributed by atoms with Gasteiger partial charge in [-0.3, -0.25) is 9.59 Å². The van der Waals surface area contributed by atoms with Crippen LogP contribution in [0, 0.1) is 5.82 Å². The van der Waals surface area contributed by atoms with Crippen LogP contribution in [-0.4, -0.2) is 50.1 Å². The van der Waals surface area contributed by atoms with Gasteiger partial charge in [0.25, 0.3) is 0 Å². The molecule has 0 aromatic heterocycles. The lowest BCUT2D eigenvalue weighted by atomic mass is 10.1. The van der Waals surface area contributed by atoms with Crippen LogP contribution >= 0.6 is 0 Å². The van der Waals surface area contributed by atoms with Crippen molar-refractivity contribution in [2.24, 2.45) is 0 Å². The third-order valence-corrected chi connectivity index (χ3v) is 6.59. The molecule has 164 valence electrons. The van der Waals surface area contributed by atoms with Gasteiger partial charge in [0.05, 0.1) is 16.0 Å². The fourth-order valence-corrected chi connectivity index (χ4v) is 4.74. The number of nitrogens with zero attached hydrogens (tertiary/aromatic N) is 1. The first kappa shape index (κ1) is 22.6. The van der Waals surface area contributed by atoms with E-state index in [9.17, 15) is 27.2 Å². The smallest absolute Gasteiger partial charge is 0.338 e. The Hall–Kier alpha value is -3.11. The molecule has 2 aromatic carbocycles. The second kappa shape index (κ2) is 9.36. The number of hydrogen-bond donors (Lipinski definition) is 1. The molecule has 0 unspecified atom stereocenters. The van der Waals surface area contributed by atoms with Crippen LogP contribution in [0.1, 0.15) is 40.5 Å². The molecule has 1 aliphatic heterocycles. The number of amides is 1. The maximum Gasteiger partial charge on any atom is 0.338 e. The first-order chi connectivity index (χ1) is 14.7. The van der Waals surface area contributed by atoms with Crippen molar-refractivity contribution in [2.45, 2.75) is 24.7 Å². The van der Waals surface area contributed by atoms with Gasteiger partial charge in [0.2, 0.25) is 21.7 Å². The second-order valence-corrected chi connectivity index (χ2v) is 8.95. The van der Waals surface area contributed by atoms with Crippen molar-refractivity contribution in [2.75, 3.05) is 25.0 Å². The topological polar surface area (TPSA) is 110 Å². The standard InChI is InChI=1S/C21H21FN2O6S/c1-14(25)23-16-7-8-18(19(22)12-16)20(26)13-30-21(27)15-5-4-6-17(11-15)31(28,29)24-9-2-3-10-24/h4-8,11-12H,2-3,9-10,13H2,1H3,(H,23,25). The molecule has 0 atom stereocenters. The highest BCUT2D eigenvalue weighted by Gasteiger charge is 2.28. The Morgan fingerprint density at radius 2 is 1.81 bits per heavy atom. The number of esters is 1. The molecule has 0 spiro atoms. The molecule has 0 bridgehead atoms. The van der Waals surface area contributed by atoms with Crippen molar-refractivity contribution in [1.82, 2.24) is 4.31 Å². The molecule has 1 heterocycles. The first-order valence-corrected chi connectivity index (χ1v) is 11.0. The largest absolute Gasteiger partial charge is 0.454 e. The van der Waals surface area contributed by atoms with Crippen molar-refractivity contribution in [1.29, 1.82) is 0 Å². The molecule has 1 fully saturated rings. The van der Waals surface area contributed by atoms with E-state index in [2.05, 4.69) is 5.32 Å². The summed E-state index contributed by atoms with van der Waals surface area (Å²) in [7, 11) is -3.71. The van der Waals surface area contributed by atoms with Gasteiger partial charge in [-0.25, -0.2) is 17.6 Å². The van der Waals surface area contributed by atoms with Crippen LogP contribution in [0.5, 0.6) is 0 Å². The summed E-state index contributed by atoms with van der Waals surface area (Å²) in [6, 6.07) is 8.90. The van der Waals surface area contributed by atoms with E-state index < -0.39 is 34.2 Å². The van der Waals surface area contributed by atoms with E-state index in [1.165, 1.54) is 47.6 Å². The van der Waals surface area contributed by atoms with Gasteiger partial charge in [0.1, 0.15) is 5.82 Å². The van der Waals surface area contributed by atoms with Crippen LogP contribution in [0.25, 0.3) is 0 Å². The van der Waals surface area contributed by atoms with Crippen molar-refractivity contribution in [3.8, 4) is 0 Å². The summed E-state index contributed by atoms with van der Waals surface area (Å²) >= 11 is 0. The fraction of sp³-hybridized carbons (Fsp3) is 0.286. The third-order valence-electron chi connectivity index (χ3n) is 4.70. The fourth-order valence-electron chi connectivity index (χ4n) is 3.18. The molecule has 0 saturated carbocycles. The molecule has 8 nitrogen and oxygen atoms in total. The number of nitrogens with one attached hydrogen (secondary N) is 1. The van der Waals surface area contributed by atoms with Crippen molar-refractivity contribution >= 4 is 33.4 Å². The predicted molar refractivity (Wildman–Crippen MR) is 110 cm³/mol. The van der Waals surface area contributed by atoms with Crippen LogP contribution in [0.4, 0.5) is 10.1 Å². The van der Waals surface area contributed by atoms with Gasteiger partial charge in [-0.2, -0.15) is 4.31 Å². The zero-order valence-electron chi connectivity index (χ0n) is 16.8. The molecular weight excluding hydrogens is 427 g/mol. The number of ether oxygens (including phenoxy) is 1. The lowest BCUT2D eigenvalue weighted by Gasteiger charge is -2.15. The third kappa shape index (κ3) is 5.33. The Balaban J connectivity index is 1.67. The molecule has 0 radical (unpaired) electrons. The summed E-state index contributed by atoms with van der Waals surface area (Å²) in [5.41, 5.74) is -0.142. The van der Waals surface area contributed by atoms with E-state index in [1.54, 1.807) is 0 Å². The van der Waals surface area contributed by atoms with E-state index in [1.807, 2.05) is 0 Å². The minimum absolute atomic E-state index is 0.0326. The van der Waals surface area contributed by atoms with Crippen molar-refractivity contribution in [3.63, 3.8) is 0 Å². The van der Waals surface area contributed by atoms with E-state index in [4.69, 9.17) is 4.74 Å². The van der Waals surface area contributed by atoms with Gasteiger partial charge >= 0.3 is 5.97 Å². The quantitative estimate of drug-likeness (QED) is 0.515. The summed E-state index contributed by atoms with van der Waals surface area (Å²) < 4.78 is 45.7. The van der Waals surface area contributed by atoms with Gasteiger partial charge in [-0.05, 0) is 49.2 Å². The van der Waals surface area contributed by atoms with Gasteiger partial charge in [-0.1, -0.05) is 6.07 Å². The Morgan fingerprint density at radius 3 is 2.45 bits per heavy atom. The van der Waals surface area contributed by atoms with Crippen molar-refractivity contribution < 1.29 is 31.9 Å². The van der Waals surface area contributed by atoms with E-state index in [0.29, 0.717) is 13.1 Å². The molecule has 3 rings (SSSR count). The molecule has 31 heavy (non-hydrogen) atoms. The number of benzene rings is 2.